The van der Waals surface area contributed by atoms with Gasteiger partial charge in [-0.25, -0.2) is 4.57 Å². The number of aliphatic hydroxyl groups is 2. The van der Waals surface area contributed by atoms with E-state index in [4.69, 9.17) is 9.79 Å². The molecule has 7 nitrogen and oxygen atoms in total. The zero-order valence-corrected chi connectivity index (χ0v) is 10.7. The van der Waals surface area contributed by atoms with Crippen LogP contribution in [0.5, 0.6) is 0 Å². The van der Waals surface area contributed by atoms with Crippen LogP contribution in [-0.2, 0) is 9.09 Å². The summed E-state index contributed by atoms with van der Waals surface area (Å²) in [5, 5.41) is 20.4. The van der Waals surface area contributed by atoms with Crippen LogP contribution in [0.15, 0.2) is 30.5 Å². The van der Waals surface area contributed by atoms with Gasteiger partial charge in [-0.15, -0.1) is 0 Å². The smallest absolute Gasteiger partial charge is 0.388 e. The number of H-pyrrole nitrogens is 1. The van der Waals surface area contributed by atoms with E-state index >= 15 is 0 Å². The van der Waals surface area contributed by atoms with E-state index in [9.17, 15) is 14.8 Å². The van der Waals surface area contributed by atoms with Crippen LogP contribution in [0.1, 0.15) is 11.7 Å². The molecule has 0 saturated carbocycles. The molecule has 0 radical (unpaired) electrons. The first-order valence-corrected chi connectivity index (χ1v) is 7.04. The maximum absolute atomic E-state index is 10.5. The summed E-state index contributed by atoms with van der Waals surface area (Å²) in [5.74, 6) is 0. The van der Waals surface area contributed by atoms with Crippen molar-refractivity contribution in [3.05, 3.63) is 36.0 Å². The lowest BCUT2D eigenvalue weighted by molar-refractivity contribution is -0.0143. The number of aliphatic hydroxyl groups excluding tert-OH is 2. The molecule has 1 aromatic heterocycles. The maximum atomic E-state index is 10.5. The third-order valence-electron chi connectivity index (χ3n) is 2.72. The van der Waals surface area contributed by atoms with E-state index < -0.39 is 26.6 Å². The van der Waals surface area contributed by atoms with E-state index in [1.165, 1.54) is 6.20 Å². The van der Waals surface area contributed by atoms with Gasteiger partial charge in [0.2, 0.25) is 0 Å². The van der Waals surface area contributed by atoms with E-state index in [0.717, 1.165) is 10.9 Å². The Morgan fingerprint density at radius 2 is 1.95 bits per heavy atom. The van der Waals surface area contributed by atoms with Gasteiger partial charge in [-0.2, -0.15) is 0 Å². The Morgan fingerprint density at radius 3 is 2.63 bits per heavy atom. The molecule has 2 atom stereocenters. The molecule has 1 aromatic carbocycles. The summed E-state index contributed by atoms with van der Waals surface area (Å²) in [5.41, 5.74) is 1.23. The van der Waals surface area contributed by atoms with Gasteiger partial charge in [0.25, 0.3) is 0 Å². The minimum absolute atomic E-state index is 0.442. The molecule has 1 unspecified atom stereocenters. The summed E-state index contributed by atoms with van der Waals surface area (Å²) in [6.45, 7) is -0.662. The van der Waals surface area contributed by atoms with Gasteiger partial charge in [0.1, 0.15) is 12.2 Å². The van der Waals surface area contributed by atoms with Gasteiger partial charge < -0.3 is 25.0 Å². The second-order valence-corrected chi connectivity index (χ2v) is 5.33. The molecular weight excluding hydrogens is 273 g/mol. The Kier molecular flexibility index (Phi) is 4.05. The number of fused-ring (bicyclic) bond motifs is 1. The standard InChI is InChI=1S/C11H14NO6P/c13-10(6-18-19(15,16)17)11(14)8-5-12-9-4-2-1-3-7(8)9/h1-5,10-14H,6H2,(H2,15,16,17)/t10-,11?/m0/s1. The minimum atomic E-state index is -4.66. The van der Waals surface area contributed by atoms with Crippen LogP contribution >= 0.6 is 7.82 Å². The number of aromatic nitrogens is 1. The molecule has 0 spiro atoms. The van der Waals surface area contributed by atoms with Crippen LogP contribution in [0.3, 0.4) is 0 Å². The van der Waals surface area contributed by atoms with Crippen molar-refractivity contribution in [2.24, 2.45) is 0 Å². The summed E-state index contributed by atoms with van der Waals surface area (Å²) < 4.78 is 14.7. The van der Waals surface area contributed by atoms with Crippen LogP contribution in [0.4, 0.5) is 0 Å². The number of para-hydroxylation sites is 1. The van der Waals surface area contributed by atoms with Crippen molar-refractivity contribution in [1.82, 2.24) is 4.98 Å². The Balaban J connectivity index is 2.15. The van der Waals surface area contributed by atoms with Crippen LogP contribution in [-0.4, -0.2) is 37.7 Å². The highest BCUT2D eigenvalue weighted by Crippen LogP contribution is 2.36. The molecule has 2 rings (SSSR count). The van der Waals surface area contributed by atoms with E-state index in [2.05, 4.69) is 9.51 Å². The topological polar surface area (TPSA) is 123 Å². The largest absolute Gasteiger partial charge is 0.469 e. The normalized spacial score (nSPS) is 15.6. The molecule has 5 N–H and O–H groups in total. The number of phosphoric acid groups is 1. The fraction of sp³-hybridized carbons (Fsp3) is 0.273. The lowest BCUT2D eigenvalue weighted by atomic mass is 10.0. The van der Waals surface area contributed by atoms with Crippen LogP contribution in [0, 0.1) is 0 Å². The van der Waals surface area contributed by atoms with E-state index in [-0.39, 0.29) is 0 Å². The molecule has 0 aliphatic heterocycles. The first-order chi connectivity index (χ1) is 8.88. The summed E-state index contributed by atoms with van der Waals surface area (Å²) in [7, 11) is -4.66. The molecule has 0 amide bonds. The highest BCUT2D eigenvalue weighted by molar-refractivity contribution is 7.46. The number of aromatic amines is 1. The molecule has 0 fully saturated rings. The molecule has 0 saturated heterocycles. The maximum Gasteiger partial charge on any atom is 0.469 e. The molecular formula is C11H14NO6P. The van der Waals surface area contributed by atoms with Crippen molar-refractivity contribution in [2.75, 3.05) is 6.61 Å². The highest BCUT2D eigenvalue weighted by Gasteiger charge is 2.25. The fourth-order valence-corrected chi connectivity index (χ4v) is 2.16. The Hall–Kier alpha value is -1.21. The van der Waals surface area contributed by atoms with Crippen molar-refractivity contribution in [2.45, 2.75) is 12.2 Å². The first-order valence-electron chi connectivity index (χ1n) is 5.51. The van der Waals surface area contributed by atoms with Gasteiger partial charge in [-0.05, 0) is 6.07 Å². The Bertz CT molecular complexity index is 606. The number of hydrogen-bond acceptors (Lipinski definition) is 4. The summed E-state index contributed by atoms with van der Waals surface area (Å²) in [6.07, 6.45) is -1.20. The zero-order chi connectivity index (χ0) is 14.0. The van der Waals surface area contributed by atoms with Gasteiger partial charge in [-0.1, -0.05) is 18.2 Å². The predicted molar refractivity (Wildman–Crippen MR) is 67.3 cm³/mol. The number of phosphoric ester groups is 1. The first kappa shape index (κ1) is 14.2. The van der Waals surface area contributed by atoms with E-state index in [1.54, 1.807) is 12.1 Å². The average Bonchev–Trinajstić information content (AvgIpc) is 2.78. The summed E-state index contributed by atoms with van der Waals surface area (Å²) in [6, 6.07) is 7.18. The molecule has 1 heterocycles. The Morgan fingerprint density at radius 1 is 1.26 bits per heavy atom. The highest BCUT2D eigenvalue weighted by atomic mass is 31.2. The van der Waals surface area contributed by atoms with Crippen LogP contribution in [0.25, 0.3) is 10.9 Å². The number of hydrogen-bond donors (Lipinski definition) is 5. The fourth-order valence-electron chi connectivity index (χ4n) is 1.81. The molecule has 0 aliphatic carbocycles. The summed E-state index contributed by atoms with van der Waals surface area (Å²) >= 11 is 0. The number of rotatable bonds is 5. The second kappa shape index (κ2) is 5.42. The summed E-state index contributed by atoms with van der Waals surface area (Å²) in [4.78, 5) is 20.0. The van der Waals surface area contributed by atoms with Crippen molar-refractivity contribution in [3.63, 3.8) is 0 Å². The molecule has 0 bridgehead atoms. The minimum Gasteiger partial charge on any atom is -0.388 e. The molecule has 0 aliphatic rings. The van der Waals surface area contributed by atoms with Crippen LogP contribution in [0.2, 0.25) is 0 Å². The average molecular weight is 287 g/mol. The van der Waals surface area contributed by atoms with E-state index in [0.29, 0.717) is 5.56 Å². The Labute approximate surface area is 108 Å². The van der Waals surface area contributed by atoms with Gasteiger partial charge in [0, 0.05) is 22.7 Å². The monoisotopic (exact) mass is 287 g/mol. The number of nitrogens with one attached hydrogen (secondary N) is 1. The number of benzene rings is 1. The van der Waals surface area contributed by atoms with Crippen molar-refractivity contribution < 1.29 is 29.1 Å². The van der Waals surface area contributed by atoms with Gasteiger partial charge in [0.05, 0.1) is 6.61 Å². The third-order valence-corrected chi connectivity index (χ3v) is 3.20. The van der Waals surface area contributed by atoms with Crippen molar-refractivity contribution >= 4 is 18.7 Å². The van der Waals surface area contributed by atoms with Gasteiger partial charge in [-0.3, -0.25) is 4.52 Å². The lowest BCUT2D eigenvalue weighted by Gasteiger charge is -2.17. The quantitative estimate of drug-likeness (QED) is 0.515. The molecule has 8 heteroatoms. The lowest BCUT2D eigenvalue weighted by Crippen LogP contribution is -2.23. The molecule has 104 valence electrons. The van der Waals surface area contributed by atoms with Crippen molar-refractivity contribution in [1.29, 1.82) is 0 Å². The predicted octanol–water partition coefficient (Wildman–Crippen LogP) is 0.671. The second-order valence-electron chi connectivity index (χ2n) is 4.09. The zero-order valence-electron chi connectivity index (χ0n) is 9.80. The van der Waals surface area contributed by atoms with Crippen LogP contribution < -0.4 is 0 Å². The van der Waals surface area contributed by atoms with E-state index in [1.807, 2.05) is 12.1 Å². The van der Waals surface area contributed by atoms with Gasteiger partial charge in [0.15, 0.2) is 0 Å². The SMILES string of the molecule is O=P(O)(O)OC[C@H](O)C(O)c1c[nH]c2ccccc12. The van der Waals surface area contributed by atoms with Crippen molar-refractivity contribution in [3.8, 4) is 0 Å². The molecule has 19 heavy (non-hydrogen) atoms. The van der Waals surface area contributed by atoms with Gasteiger partial charge >= 0.3 is 7.82 Å². The molecule has 2 aromatic rings. The third kappa shape index (κ3) is 3.42.